The Hall–Kier alpha value is -2.83. The Labute approximate surface area is 150 Å². The fourth-order valence-corrected chi connectivity index (χ4v) is 3.13. The number of nitrogens with one attached hydrogen (secondary N) is 2. The molecular weight excluding hydrogens is 332 g/mol. The molecule has 6 nitrogen and oxygen atoms in total. The first-order chi connectivity index (χ1) is 12.7. The molecule has 134 valence electrons. The molecule has 1 aliphatic rings. The van der Waals surface area contributed by atoms with Crippen LogP contribution in [0.3, 0.4) is 0 Å². The van der Waals surface area contributed by atoms with Crippen LogP contribution in [0.4, 0.5) is 5.69 Å². The highest BCUT2D eigenvalue weighted by Crippen LogP contribution is 2.30. The number of aromatic hydroxyl groups is 1. The minimum Gasteiger partial charge on any atom is -0.506 e. The minimum absolute atomic E-state index is 0.0110. The molecule has 1 aromatic heterocycles. The molecule has 2 aromatic carbocycles. The highest BCUT2D eigenvalue weighted by Gasteiger charge is 2.19. The van der Waals surface area contributed by atoms with Crippen LogP contribution in [0.2, 0.25) is 0 Å². The van der Waals surface area contributed by atoms with Crippen LogP contribution in [-0.2, 0) is 20.7 Å². The Kier molecular flexibility index (Phi) is 4.60. The first-order valence-corrected chi connectivity index (χ1v) is 8.62. The molecule has 0 aliphatic carbocycles. The fraction of sp³-hybridized carbons (Fsp3) is 0.250. The summed E-state index contributed by atoms with van der Waals surface area (Å²) in [5, 5.41) is 13.9. The number of aromatic amines is 1. The maximum Gasteiger partial charge on any atom is 0.228 e. The lowest BCUT2D eigenvalue weighted by Gasteiger charge is -2.24. The van der Waals surface area contributed by atoms with Gasteiger partial charge in [-0.1, -0.05) is 24.3 Å². The van der Waals surface area contributed by atoms with Crippen LogP contribution in [0, 0.1) is 0 Å². The summed E-state index contributed by atoms with van der Waals surface area (Å²) in [5.41, 5.74) is 3.02. The second-order valence-corrected chi connectivity index (χ2v) is 6.29. The minimum atomic E-state index is -0.464. The van der Waals surface area contributed by atoms with Crippen molar-refractivity contribution in [3.05, 3.63) is 59.8 Å². The zero-order valence-corrected chi connectivity index (χ0v) is 14.2. The molecule has 1 aliphatic heterocycles. The summed E-state index contributed by atoms with van der Waals surface area (Å²) < 4.78 is 11.2. The van der Waals surface area contributed by atoms with Gasteiger partial charge in [-0.3, -0.25) is 4.79 Å². The van der Waals surface area contributed by atoms with Crippen molar-refractivity contribution in [3.8, 4) is 5.75 Å². The predicted octanol–water partition coefficient (Wildman–Crippen LogP) is 3.49. The van der Waals surface area contributed by atoms with E-state index in [2.05, 4.69) is 10.3 Å². The topological polar surface area (TPSA) is 83.6 Å². The number of hydrogen-bond donors (Lipinski definition) is 3. The van der Waals surface area contributed by atoms with E-state index in [4.69, 9.17) is 9.47 Å². The highest BCUT2D eigenvalue weighted by molar-refractivity contribution is 5.96. The molecular formula is C20H20N2O4. The Balaban J connectivity index is 1.50. The maximum absolute atomic E-state index is 12.5. The van der Waals surface area contributed by atoms with E-state index >= 15 is 0 Å². The number of amides is 1. The summed E-state index contributed by atoms with van der Waals surface area (Å²) >= 11 is 0. The SMILES string of the molecule is O=C(Cc1c[nH]c2ccccc12)Nc1cc(C2OCCCO2)ccc1O. The number of benzene rings is 2. The molecule has 0 radical (unpaired) electrons. The Morgan fingerprint density at radius 3 is 2.85 bits per heavy atom. The molecule has 2 heterocycles. The van der Waals surface area contributed by atoms with Crippen molar-refractivity contribution in [2.75, 3.05) is 18.5 Å². The molecule has 1 amide bonds. The lowest BCUT2D eigenvalue weighted by Crippen LogP contribution is -2.18. The maximum atomic E-state index is 12.5. The molecule has 1 saturated heterocycles. The number of para-hydroxylation sites is 1. The molecule has 3 aromatic rings. The van der Waals surface area contributed by atoms with Crippen molar-refractivity contribution in [2.45, 2.75) is 19.1 Å². The number of ether oxygens (including phenoxy) is 2. The number of hydrogen-bond acceptors (Lipinski definition) is 4. The molecule has 3 N–H and O–H groups in total. The molecule has 6 heteroatoms. The Morgan fingerprint density at radius 1 is 1.19 bits per heavy atom. The van der Waals surface area contributed by atoms with Crippen molar-refractivity contribution in [1.82, 2.24) is 4.98 Å². The third-order valence-corrected chi connectivity index (χ3v) is 4.42. The second kappa shape index (κ2) is 7.19. The van der Waals surface area contributed by atoms with Crippen molar-refractivity contribution >= 4 is 22.5 Å². The summed E-state index contributed by atoms with van der Waals surface area (Å²) in [5.74, 6) is -0.190. The molecule has 26 heavy (non-hydrogen) atoms. The number of H-pyrrole nitrogens is 1. The van der Waals surface area contributed by atoms with E-state index in [9.17, 15) is 9.90 Å². The van der Waals surface area contributed by atoms with Gasteiger partial charge in [0.25, 0.3) is 0 Å². The first kappa shape index (κ1) is 16.6. The van der Waals surface area contributed by atoms with E-state index in [0.717, 1.165) is 28.5 Å². The third kappa shape index (κ3) is 3.42. The van der Waals surface area contributed by atoms with Crippen LogP contribution in [0.1, 0.15) is 23.8 Å². The number of aromatic nitrogens is 1. The van der Waals surface area contributed by atoms with E-state index in [-0.39, 0.29) is 18.1 Å². The number of rotatable bonds is 4. The van der Waals surface area contributed by atoms with Gasteiger partial charge in [-0.05, 0) is 30.2 Å². The molecule has 1 fully saturated rings. The average Bonchev–Trinajstić information content (AvgIpc) is 3.07. The van der Waals surface area contributed by atoms with E-state index in [1.54, 1.807) is 12.1 Å². The van der Waals surface area contributed by atoms with Gasteiger partial charge in [-0.2, -0.15) is 0 Å². The largest absolute Gasteiger partial charge is 0.506 e. The fourth-order valence-electron chi connectivity index (χ4n) is 3.13. The van der Waals surface area contributed by atoms with Crippen LogP contribution in [-0.4, -0.2) is 29.2 Å². The van der Waals surface area contributed by atoms with Crippen LogP contribution >= 0.6 is 0 Å². The average molecular weight is 352 g/mol. The first-order valence-electron chi connectivity index (χ1n) is 8.62. The van der Waals surface area contributed by atoms with E-state index in [1.165, 1.54) is 6.07 Å². The monoisotopic (exact) mass is 352 g/mol. The van der Waals surface area contributed by atoms with Gasteiger partial charge in [-0.25, -0.2) is 0 Å². The summed E-state index contributed by atoms with van der Waals surface area (Å²) in [7, 11) is 0. The number of phenolic OH excluding ortho intramolecular Hbond substituents is 1. The van der Waals surface area contributed by atoms with Crippen LogP contribution in [0.5, 0.6) is 5.75 Å². The summed E-state index contributed by atoms with van der Waals surface area (Å²) in [6.45, 7) is 1.27. The number of anilines is 1. The van der Waals surface area contributed by atoms with Gasteiger partial charge >= 0.3 is 0 Å². The van der Waals surface area contributed by atoms with Gasteiger partial charge in [0.15, 0.2) is 6.29 Å². The van der Waals surface area contributed by atoms with Gasteiger partial charge in [0.1, 0.15) is 5.75 Å². The Morgan fingerprint density at radius 2 is 2.00 bits per heavy atom. The van der Waals surface area contributed by atoms with Gasteiger partial charge in [0.2, 0.25) is 5.91 Å². The molecule has 0 atom stereocenters. The standard InChI is InChI=1S/C20H20N2O4/c23-18-7-6-13(20-25-8-3-9-26-20)10-17(18)22-19(24)11-14-12-21-16-5-2-1-4-15(14)16/h1-2,4-7,10,12,20-21,23H,3,8-9,11H2,(H,22,24). The van der Waals surface area contributed by atoms with Gasteiger partial charge in [0, 0.05) is 22.7 Å². The predicted molar refractivity (Wildman–Crippen MR) is 98.0 cm³/mol. The smallest absolute Gasteiger partial charge is 0.228 e. The van der Waals surface area contributed by atoms with E-state index < -0.39 is 6.29 Å². The molecule has 0 bridgehead atoms. The summed E-state index contributed by atoms with van der Waals surface area (Å²) in [6.07, 6.45) is 2.45. The summed E-state index contributed by atoms with van der Waals surface area (Å²) in [4.78, 5) is 15.6. The Bertz CT molecular complexity index is 928. The lowest BCUT2D eigenvalue weighted by atomic mass is 10.1. The molecule has 0 unspecified atom stereocenters. The third-order valence-electron chi connectivity index (χ3n) is 4.42. The normalized spacial score (nSPS) is 15.2. The van der Waals surface area contributed by atoms with Gasteiger partial charge < -0.3 is 24.9 Å². The van der Waals surface area contributed by atoms with Crippen molar-refractivity contribution in [3.63, 3.8) is 0 Å². The quantitative estimate of drug-likeness (QED) is 0.628. The summed E-state index contributed by atoms with van der Waals surface area (Å²) in [6, 6.07) is 12.8. The number of fused-ring (bicyclic) bond motifs is 1. The molecule has 0 saturated carbocycles. The van der Waals surface area contributed by atoms with Crippen molar-refractivity contribution in [2.24, 2.45) is 0 Å². The van der Waals surface area contributed by atoms with Gasteiger partial charge in [0.05, 0.1) is 25.3 Å². The van der Waals surface area contributed by atoms with E-state index in [1.807, 2.05) is 30.5 Å². The van der Waals surface area contributed by atoms with Crippen LogP contribution < -0.4 is 5.32 Å². The second-order valence-electron chi connectivity index (χ2n) is 6.29. The van der Waals surface area contributed by atoms with Crippen molar-refractivity contribution < 1.29 is 19.4 Å². The van der Waals surface area contributed by atoms with Crippen molar-refractivity contribution in [1.29, 1.82) is 0 Å². The molecule has 4 rings (SSSR count). The zero-order valence-electron chi connectivity index (χ0n) is 14.2. The number of carbonyl (C=O) groups excluding carboxylic acids is 1. The zero-order chi connectivity index (χ0) is 17.9. The van der Waals surface area contributed by atoms with Crippen LogP contribution in [0.25, 0.3) is 10.9 Å². The van der Waals surface area contributed by atoms with Crippen LogP contribution in [0.15, 0.2) is 48.7 Å². The lowest BCUT2D eigenvalue weighted by molar-refractivity contribution is -0.183. The van der Waals surface area contributed by atoms with Gasteiger partial charge in [-0.15, -0.1) is 0 Å². The highest BCUT2D eigenvalue weighted by atomic mass is 16.7. The molecule has 0 spiro atoms. The number of phenols is 1. The van der Waals surface area contributed by atoms with E-state index in [0.29, 0.717) is 18.9 Å². The number of carbonyl (C=O) groups is 1.